The first-order valence-corrected chi connectivity index (χ1v) is 9.72. The van der Waals surface area contributed by atoms with Gasteiger partial charge in [-0.15, -0.1) is 0 Å². The molecule has 0 amide bonds. The maximum Gasteiger partial charge on any atom is 0.0923 e. The molecule has 0 unspecified atom stereocenters. The molecule has 1 aliphatic carbocycles. The molecule has 2 aromatic rings. The van der Waals surface area contributed by atoms with Gasteiger partial charge in [-0.05, 0) is 52.5 Å². The summed E-state index contributed by atoms with van der Waals surface area (Å²) in [5, 5.41) is 7.80. The van der Waals surface area contributed by atoms with E-state index < -0.39 is 0 Å². The lowest BCUT2D eigenvalue weighted by atomic mass is 9.84. The van der Waals surface area contributed by atoms with Gasteiger partial charge in [0.25, 0.3) is 0 Å². The van der Waals surface area contributed by atoms with E-state index in [2.05, 4.69) is 70.7 Å². The molecule has 24 heavy (non-hydrogen) atoms. The molecule has 0 saturated heterocycles. The molecular weight excluding hydrogens is 316 g/mol. The van der Waals surface area contributed by atoms with Crippen molar-refractivity contribution in [3.05, 3.63) is 41.6 Å². The number of hydrogen-bond acceptors (Lipinski definition) is 4. The van der Waals surface area contributed by atoms with Gasteiger partial charge in [0.1, 0.15) is 0 Å². The van der Waals surface area contributed by atoms with Crippen molar-refractivity contribution in [2.75, 3.05) is 0 Å². The van der Waals surface area contributed by atoms with Crippen LogP contribution in [0.1, 0.15) is 56.7 Å². The Morgan fingerprint density at radius 3 is 2.50 bits per heavy atom. The van der Waals surface area contributed by atoms with Gasteiger partial charge in [-0.1, -0.05) is 29.8 Å². The second kappa shape index (κ2) is 8.19. The average Bonchev–Trinajstić information content (AvgIpc) is 3.06. The molecule has 5 heteroatoms. The second-order valence-electron chi connectivity index (χ2n) is 7.12. The third kappa shape index (κ3) is 4.62. The van der Waals surface area contributed by atoms with Crippen molar-refractivity contribution < 1.29 is 0 Å². The van der Waals surface area contributed by atoms with E-state index in [4.69, 9.17) is 0 Å². The van der Waals surface area contributed by atoms with Gasteiger partial charge in [0.15, 0.2) is 0 Å². The summed E-state index contributed by atoms with van der Waals surface area (Å²) in [6.07, 6.45) is 4.87. The third-order valence-corrected chi connectivity index (χ3v) is 5.67. The third-order valence-electron chi connectivity index (χ3n) is 4.63. The Balaban J connectivity index is 1.53. The van der Waals surface area contributed by atoms with Gasteiger partial charge in [0.2, 0.25) is 0 Å². The van der Waals surface area contributed by atoms with Crippen molar-refractivity contribution in [3.8, 4) is 11.3 Å². The van der Waals surface area contributed by atoms with Crippen LogP contribution >= 0.6 is 12.1 Å². The predicted molar refractivity (Wildman–Crippen MR) is 103 cm³/mol. The number of aromatic amines is 1. The summed E-state index contributed by atoms with van der Waals surface area (Å²) >= 11 is 1.65. The lowest BCUT2D eigenvalue weighted by molar-refractivity contribution is 0.376. The molecule has 0 spiro atoms. The fourth-order valence-electron chi connectivity index (χ4n) is 3.18. The van der Waals surface area contributed by atoms with Crippen molar-refractivity contribution in [3.63, 3.8) is 0 Å². The van der Waals surface area contributed by atoms with E-state index in [0.29, 0.717) is 18.0 Å². The largest absolute Gasteiger partial charge is 0.282 e. The molecule has 0 radical (unpaired) electrons. The molecule has 1 heterocycles. The summed E-state index contributed by atoms with van der Waals surface area (Å²) in [7, 11) is 0. The maximum atomic E-state index is 4.52. The van der Waals surface area contributed by atoms with Gasteiger partial charge in [-0.3, -0.25) is 5.10 Å². The van der Waals surface area contributed by atoms with Crippen LogP contribution in [0, 0.1) is 6.92 Å². The van der Waals surface area contributed by atoms with Gasteiger partial charge in [-0.25, -0.2) is 9.44 Å². The molecule has 130 valence electrons. The molecule has 0 aliphatic heterocycles. The van der Waals surface area contributed by atoms with Crippen LogP contribution in [-0.2, 0) is 0 Å². The van der Waals surface area contributed by atoms with Crippen LogP contribution in [0.2, 0.25) is 0 Å². The van der Waals surface area contributed by atoms with Crippen LogP contribution in [0.3, 0.4) is 0 Å². The van der Waals surface area contributed by atoms with Crippen molar-refractivity contribution in [1.82, 2.24) is 19.6 Å². The number of hydrogen-bond donors (Lipinski definition) is 3. The number of aryl methyl sites for hydroxylation is 1. The van der Waals surface area contributed by atoms with Crippen LogP contribution in [0.15, 0.2) is 30.3 Å². The number of H-pyrrole nitrogens is 1. The van der Waals surface area contributed by atoms with Gasteiger partial charge >= 0.3 is 0 Å². The first-order valence-electron chi connectivity index (χ1n) is 8.91. The highest BCUT2D eigenvalue weighted by atomic mass is 32.2. The van der Waals surface area contributed by atoms with Crippen LogP contribution < -0.4 is 9.44 Å². The number of aromatic nitrogens is 2. The Bertz CT molecular complexity index is 627. The van der Waals surface area contributed by atoms with Gasteiger partial charge in [0, 0.05) is 41.4 Å². The predicted octanol–water partition coefficient (Wildman–Crippen LogP) is 4.56. The van der Waals surface area contributed by atoms with E-state index in [9.17, 15) is 0 Å². The molecule has 4 nitrogen and oxygen atoms in total. The molecule has 1 aromatic carbocycles. The van der Waals surface area contributed by atoms with E-state index in [1.807, 2.05) is 0 Å². The van der Waals surface area contributed by atoms with Crippen LogP contribution in [-0.4, -0.2) is 22.3 Å². The Morgan fingerprint density at radius 2 is 1.83 bits per heavy atom. The van der Waals surface area contributed by atoms with E-state index in [1.54, 1.807) is 12.1 Å². The Hall–Kier alpha value is -1.30. The quantitative estimate of drug-likeness (QED) is 0.672. The highest BCUT2D eigenvalue weighted by molar-refractivity contribution is 7.95. The Labute approximate surface area is 149 Å². The van der Waals surface area contributed by atoms with Crippen molar-refractivity contribution >= 4 is 12.1 Å². The molecule has 3 N–H and O–H groups in total. The van der Waals surface area contributed by atoms with Crippen molar-refractivity contribution in [1.29, 1.82) is 0 Å². The summed E-state index contributed by atoms with van der Waals surface area (Å²) in [6, 6.07) is 11.9. The minimum Gasteiger partial charge on any atom is -0.282 e. The van der Waals surface area contributed by atoms with Crippen LogP contribution in [0.25, 0.3) is 11.3 Å². The SMILES string of the molecule is Cc1ccc(-c2cc(C3CCC(NSNC(C)C)CC3)[nH]n2)cc1. The van der Waals surface area contributed by atoms with Gasteiger partial charge < -0.3 is 0 Å². The normalized spacial score (nSPS) is 21.3. The summed E-state index contributed by atoms with van der Waals surface area (Å²) in [5.41, 5.74) is 4.82. The van der Waals surface area contributed by atoms with Crippen LogP contribution in [0.5, 0.6) is 0 Å². The second-order valence-corrected chi connectivity index (χ2v) is 7.79. The number of nitrogens with zero attached hydrogens (tertiary/aromatic N) is 1. The van der Waals surface area contributed by atoms with Gasteiger partial charge in [-0.2, -0.15) is 5.10 Å². The Kier molecular flexibility index (Phi) is 5.98. The lowest BCUT2D eigenvalue weighted by Gasteiger charge is -2.28. The lowest BCUT2D eigenvalue weighted by Crippen LogP contribution is -2.31. The molecule has 0 bridgehead atoms. The number of benzene rings is 1. The highest BCUT2D eigenvalue weighted by Gasteiger charge is 2.23. The fraction of sp³-hybridized carbons (Fsp3) is 0.526. The molecule has 1 aromatic heterocycles. The molecule has 0 atom stereocenters. The van der Waals surface area contributed by atoms with E-state index in [1.165, 1.54) is 42.5 Å². The Morgan fingerprint density at radius 1 is 1.12 bits per heavy atom. The smallest absolute Gasteiger partial charge is 0.0923 e. The highest BCUT2D eigenvalue weighted by Crippen LogP contribution is 2.33. The monoisotopic (exact) mass is 344 g/mol. The summed E-state index contributed by atoms with van der Waals surface area (Å²) < 4.78 is 6.89. The van der Waals surface area contributed by atoms with Gasteiger partial charge in [0.05, 0.1) is 5.69 Å². The van der Waals surface area contributed by atoms with Crippen LogP contribution in [0.4, 0.5) is 0 Å². The first-order chi connectivity index (χ1) is 11.6. The number of rotatable bonds is 6. The zero-order valence-corrected chi connectivity index (χ0v) is 15.6. The number of nitrogens with one attached hydrogen (secondary N) is 3. The topological polar surface area (TPSA) is 52.7 Å². The molecular formula is C19H28N4S. The minimum atomic E-state index is 0.504. The molecule has 1 fully saturated rings. The zero-order valence-electron chi connectivity index (χ0n) is 14.8. The fourth-order valence-corrected chi connectivity index (χ4v) is 3.88. The van der Waals surface area contributed by atoms with E-state index >= 15 is 0 Å². The summed E-state index contributed by atoms with van der Waals surface area (Å²) in [4.78, 5) is 0. The minimum absolute atomic E-state index is 0.504. The zero-order chi connectivity index (χ0) is 16.9. The van der Waals surface area contributed by atoms with Crippen molar-refractivity contribution in [2.24, 2.45) is 0 Å². The van der Waals surface area contributed by atoms with E-state index in [0.717, 1.165) is 5.69 Å². The first kappa shape index (κ1) is 17.5. The van der Waals surface area contributed by atoms with E-state index in [-0.39, 0.29) is 0 Å². The van der Waals surface area contributed by atoms with Crippen molar-refractivity contribution in [2.45, 2.75) is 64.5 Å². The summed E-state index contributed by atoms with van der Waals surface area (Å²) in [5.74, 6) is 0.609. The standard InChI is InChI=1S/C19H28N4S/c1-13(2)22-24-23-17-10-8-16(9-11-17)19-12-18(20-21-19)15-6-4-14(3)5-7-15/h4-7,12-13,16-17,22-23H,8-11H2,1-3H3,(H,20,21). The molecule has 3 rings (SSSR count). The maximum absolute atomic E-state index is 4.52. The molecule has 1 aliphatic rings. The summed E-state index contributed by atoms with van der Waals surface area (Å²) in [6.45, 7) is 6.44. The average molecular weight is 345 g/mol. The molecule has 1 saturated carbocycles.